The molecule has 0 aliphatic heterocycles. The summed E-state index contributed by atoms with van der Waals surface area (Å²) in [6.07, 6.45) is 12.8. The molecule has 0 amide bonds. The highest BCUT2D eigenvalue weighted by molar-refractivity contribution is 5.72. The molecule has 0 aromatic heterocycles. The van der Waals surface area contributed by atoms with Crippen LogP contribution in [0.1, 0.15) is 60.3 Å². The van der Waals surface area contributed by atoms with Crippen LogP contribution in [0.3, 0.4) is 0 Å². The van der Waals surface area contributed by atoms with E-state index in [1.54, 1.807) is 6.21 Å². The van der Waals surface area contributed by atoms with Gasteiger partial charge in [-0.2, -0.15) is 0 Å². The average Bonchev–Trinajstić information content (AvgIpc) is 2.42. The van der Waals surface area contributed by atoms with Crippen molar-refractivity contribution in [2.24, 2.45) is 4.99 Å². The van der Waals surface area contributed by atoms with Gasteiger partial charge in [-0.05, 0) is 59.5 Å². The molecule has 0 rings (SSSR count). The van der Waals surface area contributed by atoms with Crippen LogP contribution in [-0.2, 0) is 9.53 Å². The Morgan fingerprint density at radius 3 is 2.23 bits per heavy atom. The van der Waals surface area contributed by atoms with Gasteiger partial charge in [0.2, 0.25) is 0 Å². The van der Waals surface area contributed by atoms with E-state index in [9.17, 15) is 4.79 Å². The summed E-state index contributed by atoms with van der Waals surface area (Å²) in [5, 5.41) is 0. The molecule has 0 fully saturated rings. The molecule has 0 spiro atoms. The Morgan fingerprint density at radius 1 is 0.955 bits per heavy atom. The van der Waals surface area contributed by atoms with E-state index in [0.717, 1.165) is 25.7 Å². The summed E-state index contributed by atoms with van der Waals surface area (Å²) in [4.78, 5) is 14.7. The van der Waals surface area contributed by atoms with E-state index in [0.29, 0.717) is 13.2 Å². The van der Waals surface area contributed by atoms with Crippen molar-refractivity contribution in [2.75, 3.05) is 13.2 Å². The fraction of sp³-hybridized carbons (Fsp3) is 0.579. The zero-order valence-electron chi connectivity index (χ0n) is 14.8. The Morgan fingerprint density at radius 2 is 1.59 bits per heavy atom. The normalized spacial score (nSPS) is 12.6. The van der Waals surface area contributed by atoms with E-state index in [1.807, 2.05) is 6.08 Å². The molecule has 0 bridgehead atoms. The highest BCUT2D eigenvalue weighted by atomic mass is 16.5. The third kappa shape index (κ3) is 14.8. The minimum absolute atomic E-state index is 0.256. The largest absolute Gasteiger partial charge is 0.464 e. The van der Waals surface area contributed by atoms with Gasteiger partial charge in [0.1, 0.15) is 6.61 Å². The quantitative estimate of drug-likeness (QED) is 0.245. The zero-order chi connectivity index (χ0) is 16.8. The fourth-order valence-corrected chi connectivity index (χ4v) is 1.82. The smallest absolute Gasteiger partial charge is 0.302 e. The summed E-state index contributed by atoms with van der Waals surface area (Å²) in [5.41, 5.74) is 4.16. The molecule has 0 saturated heterocycles. The van der Waals surface area contributed by atoms with Gasteiger partial charge in [-0.15, -0.1) is 0 Å². The number of carbonyl (C=O) groups excluding carboxylic acids is 1. The lowest BCUT2D eigenvalue weighted by molar-refractivity contribution is -0.140. The Labute approximate surface area is 135 Å². The molecule has 0 aromatic carbocycles. The molecule has 22 heavy (non-hydrogen) atoms. The molecule has 0 atom stereocenters. The summed E-state index contributed by atoms with van der Waals surface area (Å²) < 4.78 is 4.80. The molecule has 124 valence electrons. The van der Waals surface area contributed by atoms with Crippen molar-refractivity contribution in [3.8, 4) is 0 Å². The molecule has 3 heteroatoms. The molecule has 3 nitrogen and oxygen atoms in total. The molecule has 0 aliphatic carbocycles. The number of hydrogen-bond donors (Lipinski definition) is 0. The first-order valence-corrected chi connectivity index (χ1v) is 7.99. The summed E-state index contributed by atoms with van der Waals surface area (Å²) in [7, 11) is 0. The lowest BCUT2D eigenvalue weighted by Crippen LogP contribution is -2.02. The summed E-state index contributed by atoms with van der Waals surface area (Å²) in [5.74, 6) is -0.256. The molecule has 0 aliphatic rings. The standard InChI is InChI=1S/C19H31NO2/c1-16(2)8-6-9-17(3)10-7-11-18(4)12-13-20-14-15-22-19(5)21/h8,10,12-13H,6-7,9,11,14-15H2,1-5H3. The van der Waals surface area contributed by atoms with Crippen LogP contribution in [0.15, 0.2) is 39.9 Å². The van der Waals surface area contributed by atoms with Crippen molar-refractivity contribution in [1.29, 1.82) is 0 Å². The van der Waals surface area contributed by atoms with E-state index in [4.69, 9.17) is 4.74 Å². The van der Waals surface area contributed by atoms with Gasteiger partial charge in [0, 0.05) is 13.1 Å². The van der Waals surface area contributed by atoms with E-state index in [2.05, 4.69) is 44.8 Å². The first-order valence-electron chi connectivity index (χ1n) is 7.99. The van der Waals surface area contributed by atoms with Gasteiger partial charge in [-0.1, -0.05) is 28.9 Å². The minimum atomic E-state index is -0.256. The van der Waals surface area contributed by atoms with Crippen LogP contribution < -0.4 is 0 Å². The van der Waals surface area contributed by atoms with Crippen LogP contribution in [0, 0.1) is 0 Å². The number of allylic oxidation sites excluding steroid dienone is 6. The number of rotatable bonds is 10. The number of nitrogens with zero attached hydrogens (tertiary/aromatic N) is 1. The second-order valence-corrected chi connectivity index (χ2v) is 5.82. The molecule has 0 unspecified atom stereocenters. The van der Waals surface area contributed by atoms with E-state index in [-0.39, 0.29) is 5.97 Å². The van der Waals surface area contributed by atoms with Crippen LogP contribution in [0.4, 0.5) is 0 Å². The Kier molecular flexibility index (Phi) is 12.1. The Hall–Kier alpha value is -1.64. The molecule has 0 N–H and O–H groups in total. The molecular formula is C19H31NO2. The first kappa shape index (κ1) is 20.4. The third-order valence-electron chi connectivity index (χ3n) is 3.11. The van der Waals surface area contributed by atoms with Crippen molar-refractivity contribution in [3.63, 3.8) is 0 Å². The minimum Gasteiger partial charge on any atom is -0.464 e. The summed E-state index contributed by atoms with van der Waals surface area (Å²) in [6, 6.07) is 0. The molecule has 0 aromatic rings. The number of carbonyl (C=O) groups is 1. The van der Waals surface area contributed by atoms with Crippen molar-refractivity contribution < 1.29 is 9.53 Å². The average molecular weight is 305 g/mol. The molecule has 0 heterocycles. The van der Waals surface area contributed by atoms with Crippen LogP contribution in [-0.4, -0.2) is 25.3 Å². The van der Waals surface area contributed by atoms with E-state index in [1.165, 1.54) is 23.6 Å². The predicted octanol–water partition coefficient (Wildman–Crippen LogP) is 5.04. The van der Waals surface area contributed by atoms with Crippen LogP contribution in [0.25, 0.3) is 0 Å². The van der Waals surface area contributed by atoms with Crippen LogP contribution in [0.2, 0.25) is 0 Å². The summed E-state index contributed by atoms with van der Waals surface area (Å²) >= 11 is 0. The van der Waals surface area contributed by atoms with Gasteiger partial charge in [-0.3, -0.25) is 9.79 Å². The highest BCUT2D eigenvalue weighted by Crippen LogP contribution is 2.10. The Balaban J connectivity index is 3.88. The molecule has 0 radical (unpaired) electrons. The van der Waals surface area contributed by atoms with Gasteiger partial charge in [0.05, 0.1) is 6.54 Å². The first-order chi connectivity index (χ1) is 10.4. The lowest BCUT2D eigenvalue weighted by atomic mass is 10.1. The van der Waals surface area contributed by atoms with Gasteiger partial charge >= 0.3 is 5.97 Å². The van der Waals surface area contributed by atoms with Crippen LogP contribution >= 0.6 is 0 Å². The number of hydrogen-bond acceptors (Lipinski definition) is 3. The number of esters is 1. The molecule has 0 saturated carbocycles. The van der Waals surface area contributed by atoms with Crippen LogP contribution in [0.5, 0.6) is 0 Å². The van der Waals surface area contributed by atoms with Gasteiger partial charge < -0.3 is 4.74 Å². The summed E-state index contributed by atoms with van der Waals surface area (Å²) in [6.45, 7) is 10.9. The lowest BCUT2D eigenvalue weighted by Gasteiger charge is -2.00. The fourth-order valence-electron chi connectivity index (χ4n) is 1.82. The van der Waals surface area contributed by atoms with Crippen molar-refractivity contribution in [1.82, 2.24) is 0 Å². The van der Waals surface area contributed by atoms with Crippen molar-refractivity contribution in [2.45, 2.75) is 60.3 Å². The van der Waals surface area contributed by atoms with Crippen molar-refractivity contribution in [3.05, 3.63) is 34.9 Å². The Bertz CT molecular complexity index is 438. The maximum Gasteiger partial charge on any atom is 0.302 e. The van der Waals surface area contributed by atoms with Crippen molar-refractivity contribution >= 4 is 12.2 Å². The maximum absolute atomic E-state index is 10.6. The monoisotopic (exact) mass is 305 g/mol. The maximum atomic E-state index is 10.6. The zero-order valence-corrected chi connectivity index (χ0v) is 14.8. The van der Waals surface area contributed by atoms with E-state index >= 15 is 0 Å². The second-order valence-electron chi connectivity index (χ2n) is 5.82. The second kappa shape index (κ2) is 13.1. The topological polar surface area (TPSA) is 38.7 Å². The number of ether oxygens (including phenoxy) is 1. The third-order valence-corrected chi connectivity index (χ3v) is 3.11. The number of aliphatic imine (C=N–C) groups is 1. The van der Waals surface area contributed by atoms with Gasteiger partial charge in [0.15, 0.2) is 0 Å². The van der Waals surface area contributed by atoms with Gasteiger partial charge in [0.25, 0.3) is 0 Å². The van der Waals surface area contributed by atoms with E-state index < -0.39 is 0 Å². The predicted molar refractivity (Wildman–Crippen MR) is 95.4 cm³/mol. The SMILES string of the molecule is CC(=O)OCCN=CC=C(C)CCC=C(C)CCC=C(C)C. The highest BCUT2D eigenvalue weighted by Gasteiger charge is 1.92. The molecular weight excluding hydrogens is 274 g/mol. The van der Waals surface area contributed by atoms with Gasteiger partial charge in [-0.25, -0.2) is 0 Å².